The number of carbonyl (C=O) groups is 1. The summed E-state index contributed by atoms with van der Waals surface area (Å²) >= 11 is 4.85. The number of carbonyl (C=O) groups excluding carboxylic acids is 1. The van der Waals surface area contributed by atoms with Gasteiger partial charge in [-0.1, -0.05) is 48.0 Å². The first-order valence-corrected chi connectivity index (χ1v) is 9.33. The number of hydrogen-bond acceptors (Lipinski definition) is 6. The van der Waals surface area contributed by atoms with Crippen molar-refractivity contribution in [1.29, 1.82) is 5.41 Å². The van der Waals surface area contributed by atoms with Gasteiger partial charge in [-0.3, -0.25) is 15.1 Å². The topological polar surface area (TPSA) is 96.0 Å². The van der Waals surface area contributed by atoms with Crippen LogP contribution in [0.3, 0.4) is 0 Å². The second-order valence-corrected chi connectivity index (χ2v) is 8.01. The molecule has 0 aliphatic heterocycles. The van der Waals surface area contributed by atoms with Gasteiger partial charge in [0, 0.05) is 16.4 Å². The van der Waals surface area contributed by atoms with Gasteiger partial charge in [-0.2, -0.15) is 0 Å². The van der Waals surface area contributed by atoms with Gasteiger partial charge in [0.15, 0.2) is 0 Å². The normalized spacial score (nSPS) is 13.6. The summed E-state index contributed by atoms with van der Waals surface area (Å²) in [5, 5.41) is 8.22. The molecule has 1 amide bonds. The number of aromatic nitrogens is 2. The number of hydrogen-bond donors (Lipinski definition) is 2. The number of amides is 1. The highest BCUT2D eigenvalue weighted by molar-refractivity contribution is 9.09. The van der Waals surface area contributed by atoms with Crippen LogP contribution in [-0.4, -0.2) is 31.9 Å². The standard InChI is InChI=1S/C17H20BrN5OS/c1-4-5-13(18)17(2,3)6-7-23(9-19)16(24)12-8-11-14(20)21-10-22-15(11)25-12/h4-10,13,19H,1-3H3,(H2,20,21,22)/b5-4-,7-6+,19-9?. The third-order valence-electron chi connectivity index (χ3n) is 3.68. The molecular formula is C17H20BrN5OS. The van der Waals surface area contributed by atoms with E-state index < -0.39 is 0 Å². The smallest absolute Gasteiger partial charge is 0.273 e. The van der Waals surface area contributed by atoms with Crippen LogP contribution in [0.5, 0.6) is 0 Å². The zero-order valence-electron chi connectivity index (χ0n) is 14.2. The van der Waals surface area contributed by atoms with Crippen LogP contribution in [-0.2, 0) is 0 Å². The number of nitrogen functional groups attached to an aromatic ring is 1. The number of fused-ring (bicyclic) bond motifs is 1. The van der Waals surface area contributed by atoms with Crippen molar-refractivity contribution in [2.45, 2.75) is 25.6 Å². The van der Waals surface area contributed by atoms with Crippen LogP contribution >= 0.6 is 27.3 Å². The molecule has 0 aliphatic carbocycles. The highest BCUT2D eigenvalue weighted by atomic mass is 79.9. The van der Waals surface area contributed by atoms with E-state index in [2.05, 4.69) is 25.9 Å². The molecule has 2 aromatic rings. The number of nitrogens with zero attached hydrogens (tertiary/aromatic N) is 3. The minimum absolute atomic E-state index is 0.114. The molecule has 0 saturated carbocycles. The summed E-state index contributed by atoms with van der Waals surface area (Å²) in [6.07, 6.45) is 9.89. The molecule has 0 aromatic carbocycles. The minimum atomic E-state index is -0.304. The van der Waals surface area contributed by atoms with Crippen molar-refractivity contribution >= 4 is 55.5 Å². The van der Waals surface area contributed by atoms with Crippen molar-refractivity contribution in [2.24, 2.45) is 5.41 Å². The van der Waals surface area contributed by atoms with E-state index >= 15 is 0 Å². The molecule has 3 N–H and O–H groups in total. The van der Waals surface area contributed by atoms with E-state index in [4.69, 9.17) is 11.1 Å². The summed E-state index contributed by atoms with van der Waals surface area (Å²) in [6, 6.07) is 1.67. The van der Waals surface area contributed by atoms with Crippen molar-refractivity contribution < 1.29 is 4.79 Å². The molecule has 2 aromatic heterocycles. The van der Waals surface area contributed by atoms with E-state index in [0.717, 1.165) is 6.34 Å². The van der Waals surface area contributed by atoms with Crippen molar-refractivity contribution in [2.75, 3.05) is 5.73 Å². The summed E-state index contributed by atoms with van der Waals surface area (Å²) in [4.78, 5) is 23.2. The minimum Gasteiger partial charge on any atom is -0.383 e. The molecule has 0 bridgehead atoms. The van der Waals surface area contributed by atoms with Gasteiger partial charge in [-0.15, -0.1) is 11.3 Å². The van der Waals surface area contributed by atoms with E-state index in [1.165, 1.54) is 22.6 Å². The SMILES string of the molecule is C/C=C\C(Br)C(C)(C)/C=C/N(C=N)C(=O)c1cc2c(N)ncnc2s1. The monoisotopic (exact) mass is 421 g/mol. The van der Waals surface area contributed by atoms with E-state index in [9.17, 15) is 4.79 Å². The largest absolute Gasteiger partial charge is 0.383 e. The second kappa shape index (κ2) is 7.88. The molecule has 6 nitrogen and oxygen atoms in total. The Labute approximate surface area is 159 Å². The first kappa shape index (κ1) is 19.3. The van der Waals surface area contributed by atoms with Gasteiger partial charge >= 0.3 is 0 Å². The number of allylic oxidation sites excluding steroid dienone is 3. The highest BCUT2D eigenvalue weighted by Gasteiger charge is 2.23. The highest BCUT2D eigenvalue weighted by Crippen LogP contribution is 2.31. The number of nitrogens with two attached hydrogens (primary N) is 1. The number of thiophene rings is 1. The Bertz CT molecular complexity index is 843. The van der Waals surface area contributed by atoms with Crippen LogP contribution in [0.4, 0.5) is 5.82 Å². The molecule has 25 heavy (non-hydrogen) atoms. The molecule has 0 fully saturated rings. The van der Waals surface area contributed by atoms with Gasteiger partial charge in [0.2, 0.25) is 0 Å². The number of rotatable bonds is 6. The van der Waals surface area contributed by atoms with E-state index in [0.29, 0.717) is 20.9 Å². The first-order chi connectivity index (χ1) is 11.8. The molecular weight excluding hydrogens is 402 g/mol. The summed E-state index contributed by atoms with van der Waals surface area (Å²) in [5.74, 6) is 0.0356. The lowest BCUT2D eigenvalue weighted by Gasteiger charge is -2.25. The maximum absolute atomic E-state index is 12.7. The van der Waals surface area contributed by atoms with Gasteiger partial charge in [0.1, 0.15) is 17.0 Å². The van der Waals surface area contributed by atoms with Crippen LogP contribution in [0.25, 0.3) is 10.2 Å². The summed E-state index contributed by atoms with van der Waals surface area (Å²) in [6.45, 7) is 6.05. The van der Waals surface area contributed by atoms with Crippen molar-refractivity contribution in [1.82, 2.24) is 14.9 Å². The molecule has 8 heteroatoms. The number of nitrogens with one attached hydrogen (secondary N) is 1. The third kappa shape index (κ3) is 4.32. The van der Waals surface area contributed by atoms with E-state index in [-0.39, 0.29) is 16.1 Å². The van der Waals surface area contributed by atoms with Crippen molar-refractivity contribution in [3.63, 3.8) is 0 Å². The number of alkyl halides is 1. The lowest BCUT2D eigenvalue weighted by molar-refractivity contribution is 0.0895. The average Bonchev–Trinajstić information content (AvgIpc) is 3.01. The average molecular weight is 422 g/mol. The Hall–Kier alpha value is -2.06. The summed E-state index contributed by atoms with van der Waals surface area (Å²) < 4.78 is 0. The second-order valence-electron chi connectivity index (χ2n) is 5.99. The van der Waals surface area contributed by atoms with Crippen molar-refractivity contribution in [3.8, 4) is 0 Å². The predicted molar refractivity (Wildman–Crippen MR) is 107 cm³/mol. The molecule has 0 aliphatic rings. The number of halogens is 1. The molecule has 1 atom stereocenters. The number of anilines is 1. The van der Waals surface area contributed by atoms with E-state index in [1.807, 2.05) is 39.0 Å². The summed E-state index contributed by atoms with van der Waals surface area (Å²) in [5.41, 5.74) is 5.58. The molecule has 0 saturated heterocycles. The van der Waals surface area contributed by atoms with Gasteiger partial charge in [0.05, 0.1) is 16.6 Å². The van der Waals surface area contributed by atoms with E-state index in [1.54, 1.807) is 12.3 Å². The first-order valence-electron chi connectivity index (χ1n) is 7.59. The lowest BCUT2D eigenvalue weighted by Crippen LogP contribution is -2.25. The zero-order chi connectivity index (χ0) is 18.6. The van der Waals surface area contributed by atoms with Crippen LogP contribution in [0.1, 0.15) is 30.4 Å². The molecule has 0 radical (unpaired) electrons. The quantitative estimate of drug-likeness (QED) is 0.316. The fourth-order valence-corrected chi connectivity index (χ4v) is 3.47. The predicted octanol–water partition coefficient (Wildman–Crippen LogP) is 4.20. The van der Waals surface area contributed by atoms with Crippen LogP contribution in [0, 0.1) is 10.8 Å². The van der Waals surface area contributed by atoms with Gasteiger partial charge in [-0.05, 0) is 13.0 Å². The molecule has 1 unspecified atom stereocenters. The maximum atomic E-state index is 12.7. The Kier molecular flexibility index (Phi) is 6.07. The van der Waals surface area contributed by atoms with Crippen LogP contribution in [0.2, 0.25) is 0 Å². The van der Waals surface area contributed by atoms with Crippen LogP contribution in [0.15, 0.2) is 36.8 Å². The molecule has 2 rings (SSSR count). The van der Waals surface area contributed by atoms with Gasteiger partial charge in [-0.25, -0.2) is 9.97 Å². The Balaban J connectivity index is 2.27. The maximum Gasteiger partial charge on any atom is 0.273 e. The van der Waals surface area contributed by atoms with Crippen LogP contribution < -0.4 is 5.73 Å². The Morgan fingerprint density at radius 1 is 1.48 bits per heavy atom. The fraction of sp³-hybridized carbons (Fsp3) is 0.294. The zero-order valence-corrected chi connectivity index (χ0v) is 16.6. The lowest BCUT2D eigenvalue weighted by atomic mass is 9.89. The Morgan fingerprint density at radius 2 is 2.20 bits per heavy atom. The fourth-order valence-electron chi connectivity index (χ4n) is 2.06. The molecule has 2 heterocycles. The van der Waals surface area contributed by atoms with Gasteiger partial charge < -0.3 is 5.73 Å². The third-order valence-corrected chi connectivity index (χ3v) is 6.20. The van der Waals surface area contributed by atoms with Crippen molar-refractivity contribution in [3.05, 3.63) is 41.7 Å². The molecule has 132 valence electrons. The molecule has 0 spiro atoms. The Morgan fingerprint density at radius 3 is 2.80 bits per heavy atom. The summed E-state index contributed by atoms with van der Waals surface area (Å²) in [7, 11) is 0. The van der Waals surface area contributed by atoms with Gasteiger partial charge in [0.25, 0.3) is 5.91 Å².